The predicted molar refractivity (Wildman–Crippen MR) is 66.8 cm³/mol. The highest BCUT2D eigenvalue weighted by atomic mass is 16.7. The van der Waals surface area contributed by atoms with E-state index in [9.17, 15) is 15.0 Å². The fraction of sp³-hybridized carbons (Fsp3) is 0.933. The molecule has 5 rings (SSSR count). The number of carbonyl (C=O) groups excluding carboxylic acids is 1. The number of aliphatic hydroxyl groups excluding tert-OH is 2. The SMILES string of the molecule is CC1(C)C[C@@H]2[C@@H]([C@H]1O)[C@]1(C)C(=O)[C@@H]3O[C@@]31[C@]1(CO1)[C@H]2O. The maximum Gasteiger partial charge on any atom is 0.174 e. The Morgan fingerprint density at radius 2 is 1.85 bits per heavy atom. The van der Waals surface area contributed by atoms with E-state index in [-0.39, 0.29) is 23.0 Å². The standard InChI is InChI=1S/C15H20O5/c1-12(2)4-6-7(9(12)17)13(3)10(18)11-15(13,20-11)14(5-19-14)8(6)16/h6-9,11,16-17H,4-5H2,1-3H3/t6-,7+,8+,9-,11+,13-,14+,15+/m1/s1. The monoisotopic (exact) mass is 280 g/mol. The first-order valence-electron chi connectivity index (χ1n) is 7.46. The maximum atomic E-state index is 12.5. The minimum atomic E-state index is -0.703. The minimum absolute atomic E-state index is 0.0889. The molecule has 3 saturated carbocycles. The molecule has 8 atom stereocenters. The smallest absolute Gasteiger partial charge is 0.174 e. The van der Waals surface area contributed by atoms with Gasteiger partial charge in [0.25, 0.3) is 0 Å². The Labute approximate surface area is 117 Å². The van der Waals surface area contributed by atoms with Crippen LogP contribution in [-0.2, 0) is 14.3 Å². The normalized spacial score (nSPS) is 68.0. The average Bonchev–Trinajstić information content (AvgIpc) is 3.25. The van der Waals surface area contributed by atoms with Crippen LogP contribution in [0, 0.1) is 22.7 Å². The summed E-state index contributed by atoms with van der Waals surface area (Å²) in [5, 5.41) is 21.5. The summed E-state index contributed by atoms with van der Waals surface area (Å²) in [4.78, 5) is 12.5. The van der Waals surface area contributed by atoms with Gasteiger partial charge in [0, 0.05) is 5.92 Å². The first-order chi connectivity index (χ1) is 9.24. The van der Waals surface area contributed by atoms with Crippen molar-refractivity contribution < 1.29 is 24.5 Å². The maximum absolute atomic E-state index is 12.5. The highest BCUT2D eigenvalue weighted by molar-refractivity contribution is 6.04. The molecule has 2 aliphatic heterocycles. The summed E-state index contributed by atoms with van der Waals surface area (Å²) in [5.74, 6) is -0.230. The summed E-state index contributed by atoms with van der Waals surface area (Å²) in [6.07, 6.45) is -0.930. The summed E-state index contributed by atoms with van der Waals surface area (Å²) >= 11 is 0. The zero-order valence-electron chi connectivity index (χ0n) is 11.9. The zero-order chi connectivity index (χ0) is 14.3. The van der Waals surface area contributed by atoms with Crippen LogP contribution in [0.1, 0.15) is 27.2 Å². The van der Waals surface area contributed by atoms with Gasteiger partial charge in [-0.15, -0.1) is 0 Å². The van der Waals surface area contributed by atoms with Crippen molar-refractivity contribution in [1.82, 2.24) is 0 Å². The molecule has 2 spiro atoms. The molecule has 0 aromatic heterocycles. The summed E-state index contributed by atoms with van der Waals surface area (Å²) in [7, 11) is 0. The summed E-state index contributed by atoms with van der Waals surface area (Å²) < 4.78 is 11.4. The molecule has 5 aliphatic rings. The number of aliphatic hydroxyl groups is 2. The molecule has 2 heterocycles. The molecule has 2 saturated heterocycles. The molecule has 0 bridgehead atoms. The van der Waals surface area contributed by atoms with E-state index in [1.807, 2.05) is 20.8 Å². The van der Waals surface area contributed by atoms with Gasteiger partial charge >= 0.3 is 0 Å². The van der Waals surface area contributed by atoms with Crippen LogP contribution >= 0.6 is 0 Å². The van der Waals surface area contributed by atoms with Crippen LogP contribution in [0.4, 0.5) is 0 Å². The van der Waals surface area contributed by atoms with Crippen LogP contribution in [0.5, 0.6) is 0 Å². The Bertz CT molecular complexity index is 552. The largest absolute Gasteiger partial charge is 0.392 e. The molecule has 0 amide bonds. The van der Waals surface area contributed by atoms with E-state index in [0.717, 1.165) is 0 Å². The van der Waals surface area contributed by atoms with Crippen molar-refractivity contribution >= 4 is 5.78 Å². The lowest BCUT2D eigenvalue weighted by Gasteiger charge is -2.56. The molecule has 5 nitrogen and oxygen atoms in total. The lowest BCUT2D eigenvalue weighted by Crippen LogP contribution is -2.76. The fourth-order valence-electron chi connectivity index (χ4n) is 5.99. The van der Waals surface area contributed by atoms with E-state index in [2.05, 4.69) is 0 Å². The second-order valence-corrected chi connectivity index (χ2v) is 8.25. The van der Waals surface area contributed by atoms with E-state index in [1.54, 1.807) is 0 Å². The predicted octanol–water partition coefficient (Wildman–Crippen LogP) is -0.120. The van der Waals surface area contributed by atoms with E-state index >= 15 is 0 Å². The van der Waals surface area contributed by atoms with Crippen LogP contribution < -0.4 is 0 Å². The lowest BCUT2D eigenvalue weighted by atomic mass is 9.43. The van der Waals surface area contributed by atoms with Crippen LogP contribution in [-0.4, -0.2) is 52.1 Å². The molecule has 0 radical (unpaired) electrons. The van der Waals surface area contributed by atoms with E-state index in [4.69, 9.17) is 9.47 Å². The Balaban J connectivity index is 1.71. The third kappa shape index (κ3) is 0.815. The zero-order valence-corrected chi connectivity index (χ0v) is 11.9. The van der Waals surface area contributed by atoms with Crippen molar-refractivity contribution in [2.24, 2.45) is 22.7 Å². The highest BCUT2D eigenvalue weighted by Gasteiger charge is 2.99. The van der Waals surface area contributed by atoms with Crippen molar-refractivity contribution in [3.8, 4) is 0 Å². The number of ether oxygens (including phenoxy) is 2. The number of hydrogen-bond acceptors (Lipinski definition) is 5. The number of fused-ring (bicyclic) bond motifs is 2. The molecule has 0 aromatic carbocycles. The Kier molecular flexibility index (Phi) is 1.66. The quantitative estimate of drug-likeness (QED) is 0.605. The molecule has 5 fully saturated rings. The van der Waals surface area contributed by atoms with Gasteiger partial charge in [-0.1, -0.05) is 13.8 Å². The van der Waals surface area contributed by atoms with Gasteiger partial charge < -0.3 is 19.7 Å². The third-order valence-electron chi connectivity index (χ3n) is 7.14. The Morgan fingerprint density at radius 3 is 2.40 bits per heavy atom. The van der Waals surface area contributed by atoms with Crippen LogP contribution in [0.15, 0.2) is 0 Å². The first kappa shape index (κ1) is 12.1. The molecule has 110 valence electrons. The molecule has 0 unspecified atom stereocenters. The van der Waals surface area contributed by atoms with Crippen molar-refractivity contribution in [2.75, 3.05) is 6.61 Å². The van der Waals surface area contributed by atoms with Crippen molar-refractivity contribution in [2.45, 2.75) is 56.7 Å². The van der Waals surface area contributed by atoms with Gasteiger partial charge in [-0.2, -0.15) is 0 Å². The summed E-state index contributed by atoms with van der Waals surface area (Å²) in [5.41, 5.74) is -2.35. The number of carbonyl (C=O) groups is 1. The molecule has 5 heteroatoms. The van der Waals surface area contributed by atoms with Crippen LogP contribution in [0.2, 0.25) is 0 Å². The molecule has 0 aromatic rings. The number of hydrogen-bond donors (Lipinski definition) is 2. The van der Waals surface area contributed by atoms with Gasteiger partial charge in [0.1, 0.15) is 5.60 Å². The van der Waals surface area contributed by atoms with E-state index < -0.39 is 34.9 Å². The molecule has 3 aliphatic carbocycles. The lowest BCUT2D eigenvalue weighted by molar-refractivity contribution is -0.184. The fourth-order valence-corrected chi connectivity index (χ4v) is 5.99. The first-order valence-corrected chi connectivity index (χ1v) is 7.46. The van der Waals surface area contributed by atoms with Crippen molar-refractivity contribution in [3.05, 3.63) is 0 Å². The second-order valence-electron chi connectivity index (χ2n) is 8.25. The third-order valence-corrected chi connectivity index (χ3v) is 7.14. The second kappa shape index (κ2) is 2.74. The number of Topliss-reactive ketones (excluding diaryl/α,β-unsaturated/α-hetero) is 1. The van der Waals surface area contributed by atoms with Crippen LogP contribution in [0.3, 0.4) is 0 Å². The number of epoxide rings is 2. The Hall–Kier alpha value is -0.490. The van der Waals surface area contributed by atoms with Gasteiger partial charge in [0.2, 0.25) is 0 Å². The van der Waals surface area contributed by atoms with Gasteiger partial charge in [-0.3, -0.25) is 4.79 Å². The van der Waals surface area contributed by atoms with Crippen molar-refractivity contribution in [1.29, 1.82) is 0 Å². The Morgan fingerprint density at radius 1 is 1.20 bits per heavy atom. The highest BCUT2D eigenvalue weighted by Crippen LogP contribution is 2.80. The van der Waals surface area contributed by atoms with E-state index in [0.29, 0.717) is 13.0 Å². The summed E-state index contributed by atoms with van der Waals surface area (Å²) in [6, 6.07) is 0. The molecule has 20 heavy (non-hydrogen) atoms. The van der Waals surface area contributed by atoms with Gasteiger partial charge in [-0.05, 0) is 24.7 Å². The number of ketones is 1. The average molecular weight is 280 g/mol. The van der Waals surface area contributed by atoms with Gasteiger partial charge in [0.05, 0.1) is 24.2 Å². The molecular formula is C15H20O5. The van der Waals surface area contributed by atoms with Crippen molar-refractivity contribution in [3.63, 3.8) is 0 Å². The van der Waals surface area contributed by atoms with Gasteiger partial charge in [-0.25, -0.2) is 0 Å². The topological polar surface area (TPSA) is 82.6 Å². The molecular weight excluding hydrogens is 260 g/mol. The molecule has 2 N–H and O–H groups in total. The van der Waals surface area contributed by atoms with Gasteiger partial charge in [0.15, 0.2) is 17.5 Å². The van der Waals surface area contributed by atoms with E-state index in [1.165, 1.54) is 0 Å². The minimum Gasteiger partial charge on any atom is -0.392 e. The summed E-state index contributed by atoms with van der Waals surface area (Å²) in [6.45, 7) is 6.39. The van der Waals surface area contributed by atoms with Crippen LogP contribution in [0.25, 0.3) is 0 Å². The number of rotatable bonds is 0.